The molecule has 3 N–H and O–H groups in total. The molecule has 2 bridgehead atoms. The largest absolute Gasteiger partial charge is 0.480 e. The lowest BCUT2D eigenvalue weighted by Gasteiger charge is -2.37. The van der Waals surface area contributed by atoms with E-state index in [-0.39, 0.29) is 12.2 Å². The molecule has 2 heterocycles. The van der Waals surface area contributed by atoms with E-state index in [1.807, 2.05) is 18.2 Å². The maximum Gasteiger partial charge on any atom is 0.329 e. The normalized spacial score (nSPS) is 29.1. The van der Waals surface area contributed by atoms with Crippen LogP contribution in [0.5, 0.6) is 0 Å². The Kier molecular flexibility index (Phi) is 3.50. The second kappa shape index (κ2) is 5.16. The van der Waals surface area contributed by atoms with Gasteiger partial charge in [0.2, 0.25) is 0 Å². The third-order valence-corrected chi connectivity index (χ3v) is 4.26. The number of benzene rings is 1. The van der Waals surface area contributed by atoms with Crippen LogP contribution in [0.3, 0.4) is 0 Å². The summed E-state index contributed by atoms with van der Waals surface area (Å²) in [7, 11) is 0. The van der Waals surface area contributed by atoms with Gasteiger partial charge in [0.05, 0.1) is 12.2 Å². The van der Waals surface area contributed by atoms with Crippen LogP contribution in [0.2, 0.25) is 0 Å². The van der Waals surface area contributed by atoms with E-state index in [1.54, 1.807) is 12.1 Å². The number of nitrogens with zero attached hydrogens (tertiary/aromatic N) is 1. The lowest BCUT2D eigenvalue weighted by atomic mass is 9.90. The second-order valence-corrected chi connectivity index (χ2v) is 5.79. The van der Waals surface area contributed by atoms with Crippen molar-refractivity contribution < 1.29 is 14.6 Å². The molecule has 1 aromatic rings. The van der Waals surface area contributed by atoms with Crippen molar-refractivity contribution in [1.29, 1.82) is 0 Å². The molecule has 20 heavy (non-hydrogen) atoms. The summed E-state index contributed by atoms with van der Waals surface area (Å²) in [6.07, 6.45) is 2.61. The molecule has 2 saturated heterocycles. The average molecular weight is 276 g/mol. The topological polar surface area (TPSA) is 75.8 Å². The number of morpholine rings is 1. The maximum absolute atomic E-state index is 11.7. The Labute approximate surface area is 118 Å². The molecule has 3 rings (SSSR count). The summed E-state index contributed by atoms with van der Waals surface area (Å²) in [6.45, 7) is 1.87. The fourth-order valence-corrected chi connectivity index (χ4v) is 3.20. The van der Waals surface area contributed by atoms with Gasteiger partial charge >= 0.3 is 5.97 Å². The number of hydrogen-bond donors (Lipinski definition) is 2. The minimum absolute atomic E-state index is 0.238. The molecule has 0 spiro atoms. The van der Waals surface area contributed by atoms with Crippen LogP contribution in [0.4, 0.5) is 0 Å². The highest BCUT2D eigenvalue weighted by molar-refractivity contribution is 5.80. The standard InChI is InChI=1S/C15H20N2O3/c16-15(14(18)19,11-4-2-1-3-5-11)10-17-8-12-6-7-13(9-17)20-12/h1-5,12-13H,6-10,16H2,(H,18,19). The van der Waals surface area contributed by atoms with Gasteiger partial charge in [0, 0.05) is 19.6 Å². The van der Waals surface area contributed by atoms with Crippen molar-refractivity contribution in [3.8, 4) is 0 Å². The third kappa shape index (κ3) is 2.44. The average Bonchev–Trinajstić information content (AvgIpc) is 2.78. The zero-order valence-electron chi connectivity index (χ0n) is 11.4. The maximum atomic E-state index is 11.7. The second-order valence-electron chi connectivity index (χ2n) is 5.79. The predicted octanol–water partition coefficient (Wildman–Crippen LogP) is 0.788. The SMILES string of the molecule is NC(CN1CC2CCC(C1)O2)(C(=O)O)c1ccccc1. The summed E-state index contributed by atoms with van der Waals surface area (Å²) < 4.78 is 5.78. The Morgan fingerprint density at radius 2 is 1.90 bits per heavy atom. The summed E-state index contributed by atoms with van der Waals surface area (Å²) in [5.41, 5.74) is 5.50. The number of carboxylic acids is 1. The number of likely N-dealkylation sites (tertiary alicyclic amines) is 1. The number of ether oxygens (including phenoxy) is 1. The van der Waals surface area contributed by atoms with Gasteiger partial charge in [-0.2, -0.15) is 0 Å². The molecule has 108 valence electrons. The fourth-order valence-electron chi connectivity index (χ4n) is 3.20. The molecule has 2 aliphatic heterocycles. The number of hydrogen-bond acceptors (Lipinski definition) is 4. The molecular formula is C15H20N2O3. The van der Waals surface area contributed by atoms with Gasteiger partial charge in [-0.1, -0.05) is 30.3 Å². The molecule has 3 unspecified atom stereocenters. The lowest BCUT2D eigenvalue weighted by Crippen LogP contribution is -2.56. The molecule has 2 fully saturated rings. The predicted molar refractivity (Wildman–Crippen MR) is 74.3 cm³/mol. The van der Waals surface area contributed by atoms with Crippen molar-refractivity contribution in [2.75, 3.05) is 19.6 Å². The van der Waals surface area contributed by atoms with Crippen LogP contribution >= 0.6 is 0 Å². The Balaban J connectivity index is 1.79. The molecule has 0 saturated carbocycles. The van der Waals surface area contributed by atoms with E-state index < -0.39 is 11.5 Å². The van der Waals surface area contributed by atoms with Gasteiger partial charge in [0.15, 0.2) is 5.54 Å². The van der Waals surface area contributed by atoms with Crippen molar-refractivity contribution in [2.45, 2.75) is 30.6 Å². The number of carboxylic acid groups (broad SMARTS) is 1. The van der Waals surface area contributed by atoms with Gasteiger partial charge in [-0.3, -0.25) is 4.90 Å². The summed E-state index contributed by atoms with van der Waals surface area (Å²) in [6, 6.07) is 9.07. The van der Waals surface area contributed by atoms with Crippen molar-refractivity contribution in [3.05, 3.63) is 35.9 Å². The van der Waals surface area contributed by atoms with Crippen molar-refractivity contribution in [2.24, 2.45) is 5.73 Å². The first kappa shape index (κ1) is 13.5. The summed E-state index contributed by atoms with van der Waals surface area (Å²) >= 11 is 0. The fraction of sp³-hybridized carbons (Fsp3) is 0.533. The van der Waals surface area contributed by atoms with Gasteiger partial charge in [0.25, 0.3) is 0 Å². The Bertz CT molecular complexity index is 481. The number of fused-ring (bicyclic) bond motifs is 2. The van der Waals surface area contributed by atoms with E-state index >= 15 is 0 Å². The third-order valence-electron chi connectivity index (χ3n) is 4.26. The summed E-state index contributed by atoms with van der Waals surface area (Å²) in [5, 5.41) is 9.58. The minimum atomic E-state index is -1.36. The van der Waals surface area contributed by atoms with Gasteiger partial charge < -0.3 is 15.6 Å². The van der Waals surface area contributed by atoms with E-state index in [2.05, 4.69) is 4.90 Å². The van der Waals surface area contributed by atoms with Crippen molar-refractivity contribution >= 4 is 5.97 Å². The summed E-state index contributed by atoms with van der Waals surface area (Å²) in [5.74, 6) is -0.984. The van der Waals surface area contributed by atoms with Gasteiger partial charge in [-0.05, 0) is 18.4 Å². The quantitative estimate of drug-likeness (QED) is 0.850. The first-order valence-corrected chi connectivity index (χ1v) is 7.03. The van der Waals surface area contributed by atoms with Gasteiger partial charge in [-0.25, -0.2) is 4.79 Å². The van der Waals surface area contributed by atoms with E-state index in [4.69, 9.17) is 10.5 Å². The van der Waals surface area contributed by atoms with E-state index in [1.165, 1.54) is 0 Å². The van der Waals surface area contributed by atoms with Crippen molar-refractivity contribution in [3.63, 3.8) is 0 Å². The minimum Gasteiger partial charge on any atom is -0.480 e. The highest BCUT2D eigenvalue weighted by Gasteiger charge is 2.41. The van der Waals surface area contributed by atoms with Crippen LogP contribution in [0.1, 0.15) is 18.4 Å². The molecular weight excluding hydrogens is 256 g/mol. The highest BCUT2D eigenvalue weighted by atomic mass is 16.5. The molecule has 5 heteroatoms. The number of nitrogens with two attached hydrogens (primary N) is 1. The van der Waals surface area contributed by atoms with Gasteiger partial charge in [0.1, 0.15) is 0 Å². The van der Waals surface area contributed by atoms with Crippen LogP contribution in [0.15, 0.2) is 30.3 Å². The first-order chi connectivity index (χ1) is 9.58. The number of aliphatic carboxylic acids is 1. The molecule has 0 amide bonds. The van der Waals surface area contributed by atoms with Gasteiger partial charge in [-0.15, -0.1) is 0 Å². The van der Waals surface area contributed by atoms with Crippen LogP contribution < -0.4 is 5.73 Å². The molecule has 0 radical (unpaired) electrons. The van der Waals surface area contributed by atoms with Crippen molar-refractivity contribution in [1.82, 2.24) is 4.90 Å². The molecule has 3 atom stereocenters. The number of carbonyl (C=O) groups is 1. The molecule has 0 aromatic heterocycles. The highest BCUT2D eigenvalue weighted by Crippen LogP contribution is 2.28. The van der Waals surface area contributed by atoms with E-state index in [0.29, 0.717) is 12.1 Å². The Morgan fingerprint density at radius 3 is 2.45 bits per heavy atom. The van der Waals surface area contributed by atoms with Crippen LogP contribution in [-0.4, -0.2) is 47.8 Å². The summed E-state index contributed by atoms with van der Waals surface area (Å²) in [4.78, 5) is 13.8. The van der Waals surface area contributed by atoms with Crippen LogP contribution in [-0.2, 0) is 15.1 Å². The monoisotopic (exact) mass is 276 g/mol. The lowest BCUT2D eigenvalue weighted by molar-refractivity contribution is -0.145. The molecule has 0 aliphatic carbocycles. The van der Waals surface area contributed by atoms with E-state index in [9.17, 15) is 9.90 Å². The van der Waals surface area contributed by atoms with Crippen LogP contribution in [0, 0.1) is 0 Å². The smallest absolute Gasteiger partial charge is 0.329 e. The van der Waals surface area contributed by atoms with Crippen LogP contribution in [0.25, 0.3) is 0 Å². The zero-order valence-corrected chi connectivity index (χ0v) is 11.4. The molecule has 2 aliphatic rings. The zero-order chi connectivity index (χ0) is 14.2. The Morgan fingerprint density at radius 1 is 1.30 bits per heavy atom. The van der Waals surface area contributed by atoms with E-state index in [0.717, 1.165) is 25.9 Å². The Hall–Kier alpha value is -1.43. The molecule has 1 aromatic carbocycles. The molecule has 5 nitrogen and oxygen atoms in total. The number of rotatable bonds is 4. The first-order valence-electron chi connectivity index (χ1n) is 7.03.